The zero-order chi connectivity index (χ0) is 20.6. The summed E-state index contributed by atoms with van der Waals surface area (Å²) in [4.78, 5) is 0. The average molecular weight is 417 g/mol. The van der Waals surface area contributed by atoms with Gasteiger partial charge in [-0.3, -0.25) is 0 Å². The monoisotopic (exact) mass is 416 g/mol. The van der Waals surface area contributed by atoms with Crippen LogP contribution in [0.25, 0.3) is 0 Å². The Morgan fingerprint density at radius 3 is 2.30 bits per heavy atom. The maximum atomic E-state index is 10.3. The van der Waals surface area contributed by atoms with Crippen molar-refractivity contribution >= 4 is 0 Å². The molecule has 10 atom stereocenters. The van der Waals surface area contributed by atoms with Crippen molar-refractivity contribution in [3.63, 3.8) is 0 Å². The van der Waals surface area contributed by atoms with Crippen LogP contribution in [0, 0.1) is 57.7 Å². The van der Waals surface area contributed by atoms with Crippen molar-refractivity contribution in [2.45, 2.75) is 125 Å². The SMILES string of the molecule is C.CC(C)C(C)CC[C@@H](C)C1CC[C@H]2C3CCC4CC(O)CCC45CC35CCC12C. The van der Waals surface area contributed by atoms with Gasteiger partial charge in [-0.2, -0.15) is 0 Å². The van der Waals surface area contributed by atoms with Crippen LogP contribution >= 0.6 is 0 Å². The topological polar surface area (TPSA) is 20.2 Å². The molecule has 0 radical (unpaired) electrons. The minimum absolute atomic E-state index is 0. The summed E-state index contributed by atoms with van der Waals surface area (Å²) in [7, 11) is 0. The Kier molecular flexibility index (Phi) is 5.99. The zero-order valence-corrected chi connectivity index (χ0v) is 20.1. The molecule has 2 spiro atoms. The maximum Gasteiger partial charge on any atom is 0.0543 e. The molecule has 5 aliphatic carbocycles. The van der Waals surface area contributed by atoms with Gasteiger partial charge in [-0.25, -0.2) is 0 Å². The summed E-state index contributed by atoms with van der Waals surface area (Å²) in [5, 5.41) is 10.3. The van der Waals surface area contributed by atoms with Gasteiger partial charge in [0.05, 0.1) is 6.10 Å². The first-order chi connectivity index (χ1) is 13.7. The standard InChI is InChI=1S/C28H48O.CH4/c1-18(2)19(3)6-7-20(4)23-10-11-24-25-9-8-21-16-22(29)12-13-27(21)17-28(25,27)15-14-26(23,24)5;/h18-25,29H,6-17H2,1-5H3;1H4/t19?,20-,21?,22?,23?,24+,25?,26?,27?,28?;/m1./s1. The lowest BCUT2D eigenvalue weighted by atomic mass is 9.49. The molecular formula is C29H52O. The molecule has 0 saturated heterocycles. The van der Waals surface area contributed by atoms with Gasteiger partial charge >= 0.3 is 0 Å². The van der Waals surface area contributed by atoms with E-state index in [2.05, 4.69) is 34.6 Å². The fourth-order valence-electron chi connectivity index (χ4n) is 10.2. The van der Waals surface area contributed by atoms with Gasteiger partial charge in [-0.1, -0.05) is 54.9 Å². The first kappa shape index (κ1) is 23.1. The van der Waals surface area contributed by atoms with Crippen LogP contribution in [-0.2, 0) is 0 Å². The third-order valence-corrected chi connectivity index (χ3v) is 12.3. The quantitative estimate of drug-likeness (QED) is 0.480. The van der Waals surface area contributed by atoms with E-state index in [9.17, 15) is 5.11 Å². The van der Waals surface area contributed by atoms with Crippen molar-refractivity contribution < 1.29 is 5.11 Å². The van der Waals surface area contributed by atoms with E-state index in [0.29, 0.717) is 16.2 Å². The summed E-state index contributed by atoms with van der Waals surface area (Å²) >= 11 is 0. The molecule has 0 aromatic carbocycles. The van der Waals surface area contributed by atoms with E-state index < -0.39 is 0 Å². The Labute approximate surface area is 188 Å². The minimum Gasteiger partial charge on any atom is -0.393 e. The summed E-state index contributed by atoms with van der Waals surface area (Å²) in [6.45, 7) is 12.6. The lowest BCUT2D eigenvalue weighted by Crippen LogP contribution is -2.49. The molecule has 1 heteroatoms. The molecule has 0 aliphatic heterocycles. The van der Waals surface area contributed by atoms with E-state index in [1.165, 1.54) is 57.8 Å². The number of aliphatic hydroxyl groups excluding tert-OH is 1. The molecule has 5 aliphatic rings. The predicted molar refractivity (Wildman–Crippen MR) is 128 cm³/mol. The van der Waals surface area contributed by atoms with E-state index >= 15 is 0 Å². The molecule has 30 heavy (non-hydrogen) atoms. The van der Waals surface area contributed by atoms with E-state index in [4.69, 9.17) is 0 Å². The van der Waals surface area contributed by atoms with Crippen LogP contribution in [0.5, 0.6) is 0 Å². The summed E-state index contributed by atoms with van der Waals surface area (Å²) in [5.74, 6) is 6.50. The summed E-state index contributed by atoms with van der Waals surface area (Å²) in [5.41, 5.74) is 2.01. The number of aliphatic hydroxyl groups is 1. The van der Waals surface area contributed by atoms with Crippen LogP contribution in [0.2, 0.25) is 0 Å². The van der Waals surface area contributed by atoms with Gasteiger partial charge in [0, 0.05) is 0 Å². The van der Waals surface area contributed by atoms with E-state index in [-0.39, 0.29) is 13.5 Å². The molecule has 0 bridgehead atoms. The summed E-state index contributed by atoms with van der Waals surface area (Å²) in [6.07, 6.45) is 17.0. The second kappa shape index (κ2) is 7.78. The average Bonchev–Trinajstić information content (AvgIpc) is 3.22. The fourth-order valence-corrected chi connectivity index (χ4v) is 10.2. The Hall–Kier alpha value is -0.0400. The molecule has 0 heterocycles. The van der Waals surface area contributed by atoms with Crippen LogP contribution in [0.15, 0.2) is 0 Å². The van der Waals surface area contributed by atoms with E-state index in [1.807, 2.05) is 0 Å². The summed E-state index contributed by atoms with van der Waals surface area (Å²) < 4.78 is 0. The highest BCUT2D eigenvalue weighted by Gasteiger charge is 2.78. The van der Waals surface area contributed by atoms with Crippen molar-refractivity contribution in [1.29, 1.82) is 0 Å². The van der Waals surface area contributed by atoms with E-state index in [1.54, 1.807) is 6.42 Å². The molecule has 5 saturated carbocycles. The Morgan fingerprint density at radius 2 is 1.57 bits per heavy atom. The highest BCUT2D eigenvalue weighted by atomic mass is 16.3. The third kappa shape index (κ3) is 3.10. The molecule has 1 nitrogen and oxygen atoms in total. The lowest BCUT2D eigenvalue weighted by Gasteiger charge is -2.56. The summed E-state index contributed by atoms with van der Waals surface area (Å²) in [6, 6.07) is 0. The molecular weight excluding hydrogens is 364 g/mol. The smallest absolute Gasteiger partial charge is 0.0543 e. The number of hydrogen-bond donors (Lipinski definition) is 1. The number of hydrogen-bond acceptors (Lipinski definition) is 1. The zero-order valence-electron chi connectivity index (χ0n) is 20.1. The van der Waals surface area contributed by atoms with E-state index in [0.717, 1.165) is 54.3 Å². The molecule has 0 aromatic heterocycles. The van der Waals surface area contributed by atoms with Crippen molar-refractivity contribution in [1.82, 2.24) is 0 Å². The Morgan fingerprint density at radius 1 is 0.833 bits per heavy atom. The van der Waals surface area contributed by atoms with Crippen molar-refractivity contribution in [3.05, 3.63) is 0 Å². The van der Waals surface area contributed by atoms with Crippen LogP contribution in [0.4, 0.5) is 0 Å². The minimum atomic E-state index is 0. The largest absolute Gasteiger partial charge is 0.393 e. The molecule has 0 amide bonds. The van der Waals surface area contributed by atoms with Crippen molar-refractivity contribution in [2.75, 3.05) is 0 Å². The highest BCUT2D eigenvalue weighted by molar-refractivity contribution is 5.26. The second-order valence-electron chi connectivity index (χ2n) is 13.4. The van der Waals surface area contributed by atoms with Gasteiger partial charge in [-0.15, -0.1) is 0 Å². The van der Waals surface area contributed by atoms with Gasteiger partial charge in [0.25, 0.3) is 0 Å². The van der Waals surface area contributed by atoms with Gasteiger partial charge in [0.15, 0.2) is 0 Å². The Balaban J connectivity index is 0.00000218. The fraction of sp³-hybridized carbons (Fsp3) is 1.00. The van der Waals surface area contributed by atoms with Gasteiger partial charge < -0.3 is 5.11 Å². The van der Waals surface area contributed by atoms with Crippen LogP contribution in [0.3, 0.4) is 0 Å². The molecule has 1 N–H and O–H groups in total. The molecule has 8 unspecified atom stereocenters. The predicted octanol–water partition coefficient (Wildman–Crippen LogP) is 8.10. The van der Waals surface area contributed by atoms with Crippen LogP contribution < -0.4 is 0 Å². The van der Waals surface area contributed by atoms with Crippen LogP contribution in [0.1, 0.15) is 119 Å². The maximum absolute atomic E-state index is 10.3. The number of fused-ring (bicyclic) bond motifs is 2. The first-order valence-electron chi connectivity index (χ1n) is 13.4. The van der Waals surface area contributed by atoms with Gasteiger partial charge in [-0.05, 0) is 122 Å². The van der Waals surface area contributed by atoms with Gasteiger partial charge in [0.2, 0.25) is 0 Å². The third-order valence-electron chi connectivity index (χ3n) is 12.3. The normalized spacial score (nSPS) is 51.1. The van der Waals surface area contributed by atoms with Gasteiger partial charge in [0.1, 0.15) is 0 Å². The van der Waals surface area contributed by atoms with Crippen molar-refractivity contribution in [3.8, 4) is 0 Å². The lowest BCUT2D eigenvalue weighted by molar-refractivity contribution is -0.0830. The molecule has 5 rings (SSSR count). The van der Waals surface area contributed by atoms with Crippen molar-refractivity contribution in [2.24, 2.45) is 57.7 Å². The molecule has 5 fully saturated rings. The van der Waals surface area contributed by atoms with Crippen LogP contribution in [-0.4, -0.2) is 11.2 Å². The second-order valence-corrected chi connectivity index (χ2v) is 13.4. The molecule has 174 valence electrons. The first-order valence-corrected chi connectivity index (χ1v) is 13.4. The Bertz CT molecular complexity index is 626. The highest BCUT2D eigenvalue weighted by Crippen LogP contribution is 2.85. The molecule has 0 aromatic rings. The number of rotatable bonds is 5.